The monoisotopic (exact) mass is 500 g/mol. The Morgan fingerprint density at radius 3 is 2.42 bits per heavy atom. The molecule has 8 nitrogen and oxygen atoms in total. The van der Waals surface area contributed by atoms with Crippen LogP contribution in [-0.2, 0) is 34.6 Å². The van der Waals surface area contributed by atoms with Gasteiger partial charge in [0.2, 0.25) is 5.95 Å². The van der Waals surface area contributed by atoms with E-state index in [1.54, 1.807) is 24.3 Å². The van der Waals surface area contributed by atoms with E-state index in [0.29, 0.717) is 27.9 Å². The van der Waals surface area contributed by atoms with E-state index in [9.17, 15) is 22.3 Å². The molecule has 2 aromatic carbocycles. The number of hydrogen-bond acceptors (Lipinski definition) is 6. The van der Waals surface area contributed by atoms with Crippen LogP contribution in [0.1, 0.15) is 16.7 Å². The summed E-state index contributed by atoms with van der Waals surface area (Å²) in [6.07, 6.45) is -2.93. The molecule has 1 heterocycles. The van der Waals surface area contributed by atoms with Crippen LogP contribution in [0.2, 0.25) is 0 Å². The molecule has 176 valence electrons. The average molecular weight is 500 g/mol. The zero-order valence-electron chi connectivity index (χ0n) is 17.2. The van der Waals surface area contributed by atoms with Gasteiger partial charge in [-0.15, -0.1) is 0 Å². The molecule has 0 fully saturated rings. The molecule has 0 aliphatic rings. The van der Waals surface area contributed by atoms with Gasteiger partial charge in [0.1, 0.15) is 17.6 Å². The maximum Gasteiger partial charge on any atom is 0.421 e. The Kier molecular flexibility index (Phi) is 7.65. The zero-order valence-corrected chi connectivity index (χ0v) is 18.9. The molecular weight excluding hydrogens is 480 g/mol. The Balaban J connectivity index is 1.80. The molecule has 1 unspecified atom stereocenters. The Labute approximate surface area is 190 Å². The van der Waals surface area contributed by atoms with Crippen LogP contribution in [0.3, 0.4) is 0 Å². The van der Waals surface area contributed by atoms with Crippen molar-refractivity contribution in [3.05, 3.63) is 71.4 Å². The normalized spacial score (nSPS) is 12.9. The lowest BCUT2D eigenvalue weighted by Gasteiger charge is -2.15. The highest BCUT2D eigenvalue weighted by atomic mass is 32.2. The van der Waals surface area contributed by atoms with Crippen LogP contribution in [0.4, 0.5) is 30.6 Å². The molecule has 33 heavy (non-hydrogen) atoms. The lowest BCUT2D eigenvalue weighted by molar-refractivity contribution is -0.137. The molecule has 0 spiro atoms. The van der Waals surface area contributed by atoms with Crippen LogP contribution in [0.5, 0.6) is 0 Å². The first-order valence-electron chi connectivity index (χ1n) is 9.42. The summed E-state index contributed by atoms with van der Waals surface area (Å²) in [5.41, 5.74) is 0.415. The van der Waals surface area contributed by atoms with Gasteiger partial charge in [0.05, 0.1) is 6.16 Å². The number of nitrogens with one attached hydrogen (secondary N) is 2. The highest BCUT2D eigenvalue weighted by Gasteiger charge is 2.35. The van der Waals surface area contributed by atoms with Gasteiger partial charge in [-0.1, -0.05) is 24.3 Å². The predicted molar refractivity (Wildman–Crippen MR) is 119 cm³/mol. The summed E-state index contributed by atoms with van der Waals surface area (Å²) in [5.74, 6) is -0.530. The van der Waals surface area contributed by atoms with Gasteiger partial charge in [-0.05, 0) is 46.6 Å². The van der Waals surface area contributed by atoms with Crippen molar-refractivity contribution in [2.24, 2.45) is 0 Å². The van der Waals surface area contributed by atoms with E-state index in [4.69, 9.17) is 9.79 Å². The topological polar surface area (TPSA) is 130 Å². The Morgan fingerprint density at radius 1 is 1.12 bits per heavy atom. The number of alkyl halides is 3. The summed E-state index contributed by atoms with van der Waals surface area (Å²) in [4.78, 5) is 26.3. The van der Waals surface area contributed by atoms with Crippen molar-refractivity contribution in [2.75, 3.05) is 16.9 Å². The third kappa shape index (κ3) is 7.44. The third-order valence-electron chi connectivity index (χ3n) is 4.38. The molecule has 0 amide bonds. The van der Waals surface area contributed by atoms with Gasteiger partial charge in [0.25, 0.3) is 0 Å². The van der Waals surface area contributed by atoms with Gasteiger partial charge in [-0.2, -0.15) is 18.2 Å². The number of anilines is 3. The molecular formula is C20H20F3N4O4PS. The van der Waals surface area contributed by atoms with Crippen molar-refractivity contribution in [3.63, 3.8) is 0 Å². The number of nitrogens with zero attached hydrogens (tertiary/aromatic N) is 2. The molecule has 13 heteroatoms. The van der Waals surface area contributed by atoms with Crippen molar-refractivity contribution in [2.45, 2.75) is 23.8 Å². The zero-order chi connectivity index (χ0) is 24.2. The van der Waals surface area contributed by atoms with Crippen LogP contribution in [0.15, 0.2) is 59.6 Å². The first kappa shape index (κ1) is 25.0. The van der Waals surface area contributed by atoms with Crippen LogP contribution in [0.25, 0.3) is 0 Å². The quantitative estimate of drug-likeness (QED) is 0.267. The summed E-state index contributed by atoms with van der Waals surface area (Å²) >= 11 is -1.23. The molecule has 0 radical (unpaired) electrons. The lowest BCUT2D eigenvalue weighted by atomic mass is 10.2. The summed E-state index contributed by atoms with van der Waals surface area (Å²) in [7, 11) is -4.22. The van der Waals surface area contributed by atoms with Crippen LogP contribution >= 0.6 is 7.60 Å². The minimum Gasteiger partial charge on any atom is -0.612 e. The van der Waals surface area contributed by atoms with E-state index in [2.05, 4.69) is 20.6 Å². The second-order valence-corrected chi connectivity index (χ2v) is 10.1. The standard InChI is InChI=1S/C20H20F3N4O4PS/c1-33(31)16-4-2-3-14(9-16)10-24-18-17(20(21,22)23)11-25-19(27-18)26-15-7-5-13(6-8-15)12-32(28,29)30/h2-9,11H,10,12H2,1H3,(H2,28,29,30)(H2,24,25,26,27). The van der Waals surface area contributed by atoms with E-state index in [1.807, 2.05) is 0 Å². The molecule has 4 N–H and O–H groups in total. The maximum atomic E-state index is 13.4. The fourth-order valence-electron chi connectivity index (χ4n) is 2.86. The highest BCUT2D eigenvalue weighted by molar-refractivity contribution is 7.90. The van der Waals surface area contributed by atoms with E-state index in [1.165, 1.54) is 30.5 Å². The lowest BCUT2D eigenvalue weighted by Crippen LogP contribution is -2.14. The predicted octanol–water partition coefficient (Wildman–Crippen LogP) is 4.27. The van der Waals surface area contributed by atoms with Crippen LogP contribution in [-0.4, -0.2) is 30.6 Å². The summed E-state index contributed by atoms with van der Waals surface area (Å²) < 4.78 is 63.0. The van der Waals surface area contributed by atoms with E-state index in [-0.39, 0.29) is 12.5 Å². The highest BCUT2D eigenvalue weighted by Crippen LogP contribution is 2.39. The molecule has 0 aliphatic carbocycles. The van der Waals surface area contributed by atoms with Gasteiger partial charge >= 0.3 is 13.8 Å². The molecule has 3 aromatic rings. The molecule has 1 atom stereocenters. The summed E-state index contributed by atoms with van der Waals surface area (Å²) in [6, 6.07) is 12.6. The molecule has 0 saturated heterocycles. The van der Waals surface area contributed by atoms with Gasteiger partial charge in [-0.3, -0.25) is 4.57 Å². The van der Waals surface area contributed by atoms with Gasteiger partial charge in [-0.25, -0.2) is 4.98 Å². The van der Waals surface area contributed by atoms with Gasteiger partial charge < -0.3 is 25.0 Å². The number of aromatic nitrogens is 2. The Bertz CT molecular complexity index is 1160. The molecule has 0 aliphatic heterocycles. The molecule has 0 saturated carbocycles. The summed E-state index contributed by atoms with van der Waals surface area (Å²) in [6.45, 7) is 0.0155. The summed E-state index contributed by atoms with van der Waals surface area (Å²) in [5, 5.41) is 5.44. The number of benzene rings is 2. The first-order chi connectivity index (χ1) is 15.4. The van der Waals surface area contributed by atoms with Crippen molar-refractivity contribution in [1.82, 2.24) is 9.97 Å². The van der Waals surface area contributed by atoms with E-state index < -0.39 is 42.5 Å². The SMILES string of the molecule is C[S+]([O-])c1cccc(CNc2nc(Nc3ccc(CP(=O)(O)O)cc3)ncc2C(F)(F)F)c1. The second-order valence-electron chi connectivity index (χ2n) is 7.05. The smallest absolute Gasteiger partial charge is 0.421 e. The minimum atomic E-state index is -4.68. The largest absolute Gasteiger partial charge is 0.612 e. The molecule has 1 aromatic heterocycles. The van der Waals surface area contributed by atoms with E-state index in [0.717, 1.165) is 0 Å². The van der Waals surface area contributed by atoms with Crippen molar-refractivity contribution in [1.29, 1.82) is 0 Å². The van der Waals surface area contributed by atoms with Crippen LogP contribution in [0, 0.1) is 0 Å². The molecule has 3 rings (SSSR count). The van der Waals surface area contributed by atoms with Crippen molar-refractivity contribution < 1.29 is 32.1 Å². The number of rotatable bonds is 8. The molecule has 0 bridgehead atoms. The number of halogens is 3. The van der Waals surface area contributed by atoms with Gasteiger partial charge in [0.15, 0.2) is 4.90 Å². The fraction of sp³-hybridized carbons (Fsp3) is 0.200. The Morgan fingerprint density at radius 2 is 1.82 bits per heavy atom. The second kappa shape index (κ2) is 10.1. The maximum absolute atomic E-state index is 13.4. The Hall–Kier alpha value is -2.63. The van der Waals surface area contributed by atoms with Gasteiger partial charge in [0, 0.05) is 18.4 Å². The van der Waals surface area contributed by atoms with Crippen molar-refractivity contribution >= 4 is 36.2 Å². The average Bonchev–Trinajstić information content (AvgIpc) is 2.72. The minimum absolute atomic E-state index is 0.0155. The van der Waals surface area contributed by atoms with Crippen molar-refractivity contribution in [3.8, 4) is 0 Å². The first-order valence-corrected chi connectivity index (χ1v) is 12.8. The fourth-order valence-corrected chi connectivity index (χ4v) is 4.14. The van der Waals surface area contributed by atoms with Crippen LogP contribution < -0.4 is 10.6 Å². The third-order valence-corrected chi connectivity index (χ3v) is 6.08. The van der Waals surface area contributed by atoms with E-state index >= 15 is 0 Å². The number of hydrogen-bond donors (Lipinski definition) is 4.